The molecule has 1 atom stereocenters. The Morgan fingerprint density at radius 2 is 1.16 bits per heavy atom. The Balaban J connectivity index is 1.10. The molecule has 2 aliphatic carbocycles. The highest BCUT2D eigenvalue weighted by Crippen LogP contribution is 2.41. The van der Waals surface area contributed by atoms with Gasteiger partial charge in [0, 0.05) is 33.4 Å². The van der Waals surface area contributed by atoms with E-state index in [2.05, 4.69) is 134 Å². The molecule has 0 saturated heterocycles. The number of benzene rings is 6. The SMILES string of the molecule is C1=CC2=CC(c3nc(-c4ccccc4)nc(-c4ccc5c(c4)oc4cc(-c6ccc(-c7ccccc7)cc6)c6ccccc6c45)n3)=CCC2C=C1. The predicted molar refractivity (Wildman–Crippen MR) is 209 cm³/mol. The van der Waals surface area contributed by atoms with Crippen molar-refractivity contribution in [1.82, 2.24) is 15.0 Å². The maximum atomic E-state index is 6.69. The highest BCUT2D eigenvalue weighted by Gasteiger charge is 2.21. The summed E-state index contributed by atoms with van der Waals surface area (Å²) in [5.41, 5.74) is 10.5. The minimum atomic E-state index is 0.398. The first kappa shape index (κ1) is 29.3. The Hall–Kier alpha value is -6.65. The number of hydrogen-bond acceptors (Lipinski definition) is 4. The van der Waals surface area contributed by atoms with Crippen LogP contribution in [-0.2, 0) is 0 Å². The van der Waals surface area contributed by atoms with E-state index in [-0.39, 0.29) is 0 Å². The number of furan rings is 1. The monoisotopic (exact) mass is 653 g/mol. The third-order valence-corrected chi connectivity index (χ3v) is 10.1. The molecule has 10 rings (SSSR count). The van der Waals surface area contributed by atoms with Crippen molar-refractivity contribution < 1.29 is 4.42 Å². The summed E-state index contributed by atoms with van der Waals surface area (Å²) in [4.78, 5) is 15.1. The molecule has 0 bridgehead atoms. The van der Waals surface area contributed by atoms with Gasteiger partial charge in [0.05, 0.1) is 0 Å². The summed E-state index contributed by atoms with van der Waals surface area (Å²) < 4.78 is 6.69. The van der Waals surface area contributed by atoms with Crippen LogP contribution in [0.4, 0.5) is 0 Å². The third kappa shape index (κ3) is 5.20. The van der Waals surface area contributed by atoms with E-state index in [4.69, 9.17) is 19.4 Å². The molecule has 8 aromatic rings. The molecule has 51 heavy (non-hydrogen) atoms. The molecule has 2 aromatic heterocycles. The largest absolute Gasteiger partial charge is 0.456 e. The quantitative estimate of drug-likeness (QED) is 0.185. The maximum absolute atomic E-state index is 6.69. The second-order valence-corrected chi connectivity index (χ2v) is 13.2. The first-order valence-electron chi connectivity index (χ1n) is 17.4. The molecule has 4 nitrogen and oxygen atoms in total. The first-order chi connectivity index (χ1) is 25.2. The Labute approximate surface area is 295 Å². The second-order valence-electron chi connectivity index (χ2n) is 13.2. The predicted octanol–water partition coefficient (Wildman–Crippen LogP) is 12.0. The molecule has 240 valence electrons. The Morgan fingerprint density at radius 3 is 1.96 bits per heavy atom. The lowest BCUT2D eigenvalue weighted by Gasteiger charge is -2.20. The van der Waals surface area contributed by atoms with E-state index in [0.717, 1.165) is 56.2 Å². The lowest BCUT2D eigenvalue weighted by atomic mass is 9.85. The first-order valence-corrected chi connectivity index (χ1v) is 17.4. The van der Waals surface area contributed by atoms with Gasteiger partial charge in [-0.15, -0.1) is 0 Å². The number of aromatic nitrogens is 3. The van der Waals surface area contributed by atoms with Crippen molar-refractivity contribution in [3.63, 3.8) is 0 Å². The van der Waals surface area contributed by atoms with Crippen LogP contribution in [-0.4, -0.2) is 15.0 Å². The molecule has 1 unspecified atom stereocenters. The van der Waals surface area contributed by atoms with Crippen LogP contribution < -0.4 is 0 Å². The van der Waals surface area contributed by atoms with Gasteiger partial charge in [-0.2, -0.15) is 0 Å². The van der Waals surface area contributed by atoms with Gasteiger partial charge in [-0.3, -0.25) is 0 Å². The van der Waals surface area contributed by atoms with Crippen LogP contribution in [0.15, 0.2) is 180 Å². The molecule has 0 N–H and O–H groups in total. The molecule has 2 aliphatic rings. The smallest absolute Gasteiger partial charge is 0.164 e. The standard InChI is InChI=1S/C47H31N3O/c1-3-11-30(12-4-1)32-19-22-33(23-20-32)41-29-43-44(39-18-10-9-17-38(39)41)40-26-25-37(28-42(40)51-43)47-49-45(34-14-5-2-6-15-34)48-46(50-47)36-24-21-31-13-7-8-16-35(31)27-36/h1-20,22-29,31H,21H2. The molecular weight excluding hydrogens is 623 g/mol. The Morgan fingerprint density at radius 1 is 0.510 bits per heavy atom. The van der Waals surface area contributed by atoms with Gasteiger partial charge in [-0.25, -0.2) is 15.0 Å². The fourth-order valence-electron chi connectivity index (χ4n) is 7.46. The zero-order valence-electron chi connectivity index (χ0n) is 27.7. The van der Waals surface area contributed by atoms with Gasteiger partial charge >= 0.3 is 0 Å². The lowest BCUT2D eigenvalue weighted by Crippen LogP contribution is -2.08. The van der Waals surface area contributed by atoms with Crippen molar-refractivity contribution in [1.29, 1.82) is 0 Å². The van der Waals surface area contributed by atoms with Gasteiger partial charge in [0.25, 0.3) is 0 Å². The third-order valence-electron chi connectivity index (χ3n) is 10.1. The van der Waals surface area contributed by atoms with Gasteiger partial charge in [-0.1, -0.05) is 146 Å². The Kier molecular flexibility index (Phi) is 6.91. The Bertz CT molecular complexity index is 2750. The normalized spacial score (nSPS) is 15.3. The van der Waals surface area contributed by atoms with Crippen LogP contribution >= 0.6 is 0 Å². The summed E-state index contributed by atoms with van der Waals surface area (Å²) in [6.07, 6.45) is 14.0. The highest BCUT2D eigenvalue weighted by atomic mass is 16.3. The van der Waals surface area contributed by atoms with E-state index in [1.807, 2.05) is 36.4 Å². The molecule has 0 aliphatic heterocycles. The number of fused-ring (bicyclic) bond motifs is 6. The fourth-order valence-corrected chi connectivity index (χ4v) is 7.46. The van der Waals surface area contributed by atoms with Crippen molar-refractivity contribution >= 4 is 38.3 Å². The summed E-state index contributed by atoms with van der Waals surface area (Å²) in [7, 11) is 0. The number of hydrogen-bond donors (Lipinski definition) is 0. The van der Waals surface area contributed by atoms with E-state index < -0.39 is 0 Å². The van der Waals surface area contributed by atoms with Crippen molar-refractivity contribution in [2.45, 2.75) is 6.42 Å². The minimum absolute atomic E-state index is 0.398. The molecular formula is C47H31N3O. The molecule has 0 saturated carbocycles. The topological polar surface area (TPSA) is 51.8 Å². The molecule has 6 aromatic carbocycles. The van der Waals surface area contributed by atoms with Gasteiger partial charge in [0.2, 0.25) is 0 Å². The molecule has 0 spiro atoms. The lowest BCUT2D eigenvalue weighted by molar-refractivity contribution is 0.669. The van der Waals surface area contributed by atoms with E-state index in [9.17, 15) is 0 Å². The average Bonchev–Trinajstić information content (AvgIpc) is 3.59. The molecule has 0 fully saturated rings. The van der Waals surface area contributed by atoms with Crippen LogP contribution in [0.3, 0.4) is 0 Å². The van der Waals surface area contributed by atoms with Crippen molar-refractivity contribution in [3.8, 4) is 45.0 Å². The minimum Gasteiger partial charge on any atom is -0.456 e. The van der Waals surface area contributed by atoms with Gasteiger partial charge in [0.1, 0.15) is 11.2 Å². The molecule has 0 radical (unpaired) electrons. The van der Waals surface area contributed by atoms with Crippen LogP contribution in [0.1, 0.15) is 12.2 Å². The summed E-state index contributed by atoms with van der Waals surface area (Å²) >= 11 is 0. The van der Waals surface area contributed by atoms with E-state index in [1.165, 1.54) is 27.5 Å². The molecule has 0 amide bonds. The van der Waals surface area contributed by atoms with E-state index in [1.54, 1.807) is 0 Å². The van der Waals surface area contributed by atoms with Crippen LogP contribution in [0.25, 0.3) is 83.3 Å². The molecule has 4 heteroatoms. The van der Waals surface area contributed by atoms with E-state index in [0.29, 0.717) is 23.4 Å². The number of nitrogens with zero attached hydrogens (tertiary/aromatic N) is 3. The zero-order valence-corrected chi connectivity index (χ0v) is 27.7. The van der Waals surface area contributed by atoms with Gasteiger partial charge < -0.3 is 4.42 Å². The average molecular weight is 654 g/mol. The number of rotatable bonds is 5. The van der Waals surface area contributed by atoms with Gasteiger partial charge in [-0.05, 0) is 69.3 Å². The maximum Gasteiger partial charge on any atom is 0.164 e. The van der Waals surface area contributed by atoms with Gasteiger partial charge in [0.15, 0.2) is 17.5 Å². The number of allylic oxidation sites excluding steroid dienone is 8. The van der Waals surface area contributed by atoms with Crippen molar-refractivity contribution in [2.24, 2.45) is 5.92 Å². The van der Waals surface area contributed by atoms with Crippen LogP contribution in [0.2, 0.25) is 0 Å². The fraction of sp³-hybridized carbons (Fsp3) is 0.0426. The summed E-state index contributed by atoms with van der Waals surface area (Å²) in [6, 6.07) is 46.5. The molecule has 2 heterocycles. The zero-order chi connectivity index (χ0) is 33.7. The van der Waals surface area contributed by atoms with Crippen molar-refractivity contribution in [3.05, 3.63) is 181 Å². The highest BCUT2D eigenvalue weighted by molar-refractivity contribution is 6.22. The summed E-state index contributed by atoms with van der Waals surface area (Å²) in [5, 5.41) is 4.54. The summed E-state index contributed by atoms with van der Waals surface area (Å²) in [6.45, 7) is 0. The van der Waals surface area contributed by atoms with Crippen molar-refractivity contribution in [2.75, 3.05) is 0 Å². The van der Waals surface area contributed by atoms with Crippen LogP contribution in [0, 0.1) is 5.92 Å². The van der Waals surface area contributed by atoms with E-state index >= 15 is 0 Å². The van der Waals surface area contributed by atoms with Crippen LogP contribution in [0.5, 0.6) is 0 Å². The second kappa shape index (κ2) is 12.0. The summed E-state index contributed by atoms with van der Waals surface area (Å²) in [5.74, 6) is 2.33.